The number of nitriles is 1. The molecule has 130 valence electrons. The Balaban J connectivity index is 1.53. The number of para-hydroxylation sites is 1. The van der Waals surface area contributed by atoms with Crippen molar-refractivity contribution in [2.45, 2.75) is 0 Å². The summed E-state index contributed by atoms with van der Waals surface area (Å²) in [6.45, 7) is 3.39. The first kappa shape index (κ1) is 16.6. The monoisotopic (exact) mass is 408 g/mol. The summed E-state index contributed by atoms with van der Waals surface area (Å²) < 4.78 is 0.992. The molecule has 1 saturated heterocycles. The molecular formula is C19H17BrN6. The molecule has 0 spiro atoms. The molecule has 0 bridgehead atoms. The Bertz CT molecular complexity index is 921. The molecule has 0 atom stereocenters. The summed E-state index contributed by atoms with van der Waals surface area (Å²) in [5, 5.41) is 18.4. The molecule has 0 unspecified atom stereocenters. The van der Waals surface area contributed by atoms with Crippen LogP contribution < -0.4 is 9.80 Å². The summed E-state index contributed by atoms with van der Waals surface area (Å²) >= 11 is 3.42. The zero-order valence-electron chi connectivity index (χ0n) is 14.1. The summed E-state index contributed by atoms with van der Waals surface area (Å²) in [7, 11) is 0. The number of aromatic nitrogens is 3. The van der Waals surface area contributed by atoms with Crippen molar-refractivity contribution >= 4 is 27.4 Å². The van der Waals surface area contributed by atoms with E-state index in [0.29, 0.717) is 11.5 Å². The van der Waals surface area contributed by atoms with Crippen LogP contribution in [0, 0.1) is 11.3 Å². The van der Waals surface area contributed by atoms with Crippen molar-refractivity contribution < 1.29 is 0 Å². The van der Waals surface area contributed by atoms with Crippen molar-refractivity contribution in [2.24, 2.45) is 0 Å². The topological polar surface area (TPSA) is 61.0 Å². The van der Waals surface area contributed by atoms with Crippen LogP contribution in [0.25, 0.3) is 5.69 Å². The van der Waals surface area contributed by atoms with Crippen LogP contribution in [0.15, 0.2) is 59.1 Å². The fourth-order valence-electron chi connectivity index (χ4n) is 3.09. The van der Waals surface area contributed by atoms with E-state index in [1.807, 2.05) is 30.3 Å². The zero-order chi connectivity index (χ0) is 17.9. The maximum atomic E-state index is 9.47. The molecule has 2 aromatic carbocycles. The molecule has 0 amide bonds. The lowest BCUT2D eigenvalue weighted by Gasteiger charge is -2.36. The number of hydrogen-bond acceptors (Lipinski definition) is 5. The van der Waals surface area contributed by atoms with Crippen LogP contribution in [0.2, 0.25) is 0 Å². The number of benzene rings is 2. The van der Waals surface area contributed by atoms with E-state index < -0.39 is 0 Å². The molecule has 1 aromatic heterocycles. The van der Waals surface area contributed by atoms with Gasteiger partial charge < -0.3 is 9.80 Å². The van der Waals surface area contributed by atoms with Gasteiger partial charge in [-0.25, -0.2) is 0 Å². The van der Waals surface area contributed by atoms with E-state index in [0.717, 1.165) is 36.3 Å². The third-order valence-corrected chi connectivity index (χ3v) is 4.99. The van der Waals surface area contributed by atoms with Crippen molar-refractivity contribution in [1.82, 2.24) is 15.0 Å². The van der Waals surface area contributed by atoms with Gasteiger partial charge in [-0.1, -0.05) is 34.1 Å². The maximum Gasteiger partial charge on any atom is 0.207 e. The minimum absolute atomic E-state index is 0.362. The van der Waals surface area contributed by atoms with Crippen molar-refractivity contribution in [3.63, 3.8) is 0 Å². The standard InChI is InChI=1S/C19H17BrN6/c20-15-6-8-17(9-7-15)26-22-18(14-21)19(23-26)25-12-10-24(11-13-25)16-4-2-1-3-5-16/h1-9H,10-13H2. The molecule has 6 nitrogen and oxygen atoms in total. The molecule has 0 N–H and O–H groups in total. The number of hydrogen-bond donors (Lipinski definition) is 0. The Morgan fingerprint density at radius 1 is 0.808 bits per heavy atom. The normalized spacial score (nSPS) is 14.3. The number of anilines is 2. The number of rotatable bonds is 3. The van der Waals surface area contributed by atoms with Gasteiger partial charge in [0.25, 0.3) is 0 Å². The van der Waals surface area contributed by atoms with Crippen molar-refractivity contribution in [3.05, 3.63) is 64.8 Å². The van der Waals surface area contributed by atoms with Gasteiger partial charge in [-0.3, -0.25) is 0 Å². The lowest BCUT2D eigenvalue weighted by atomic mass is 10.2. The van der Waals surface area contributed by atoms with Crippen LogP contribution in [0.3, 0.4) is 0 Å². The van der Waals surface area contributed by atoms with Crippen LogP contribution in [-0.2, 0) is 0 Å². The second-order valence-electron chi connectivity index (χ2n) is 6.06. The molecular weight excluding hydrogens is 392 g/mol. The lowest BCUT2D eigenvalue weighted by molar-refractivity contribution is 0.641. The first-order valence-electron chi connectivity index (χ1n) is 8.43. The Hall–Kier alpha value is -2.85. The fraction of sp³-hybridized carbons (Fsp3) is 0.211. The number of nitrogens with zero attached hydrogens (tertiary/aromatic N) is 6. The van der Waals surface area contributed by atoms with Crippen molar-refractivity contribution in [1.29, 1.82) is 5.26 Å². The molecule has 1 aliphatic heterocycles. The van der Waals surface area contributed by atoms with E-state index in [9.17, 15) is 5.26 Å². The average molecular weight is 409 g/mol. The van der Waals surface area contributed by atoms with Gasteiger partial charge in [0, 0.05) is 36.3 Å². The molecule has 4 rings (SSSR count). The Morgan fingerprint density at radius 2 is 1.46 bits per heavy atom. The molecule has 0 saturated carbocycles. The van der Waals surface area contributed by atoms with Gasteiger partial charge in [-0.05, 0) is 36.4 Å². The average Bonchev–Trinajstić information content (AvgIpc) is 3.14. The Labute approximate surface area is 160 Å². The summed E-state index contributed by atoms with van der Waals surface area (Å²) in [6, 6.07) is 20.3. The van der Waals surface area contributed by atoms with E-state index in [2.05, 4.69) is 66.3 Å². The lowest BCUT2D eigenvalue weighted by Crippen LogP contribution is -2.47. The van der Waals surface area contributed by atoms with Crippen LogP contribution in [-0.4, -0.2) is 41.2 Å². The first-order chi connectivity index (χ1) is 12.7. The fourth-order valence-corrected chi connectivity index (χ4v) is 3.35. The zero-order valence-corrected chi connectivity index (χ0v) is 15.7. The highest BCUT2D eigenvalue weighted by atomic mass is 79.9. The van der Waals surface area contributed by atoms with Crippen molar-refractivity contribution in [2.75, 3.05) is 36.0 Å². The quantitative estimate of drug-likeness (QED) is 0.665. The van der Waals surface area contributed by atoms with E-state index in [-0.39, 0.29) is 0 Å². The van der Waals surface area contributed by atoms with Crippen LogP contribution in [0.4, 0.5) is 11.5 Å². The highest BCUT2D eigenvalue weighted by Gasteiger charge is 2.23. The molecule has 3 aromatic rings. The smallest absolute Gasteiger partial charge is 0.207 e. The van der Waals surface area contributed by atoms with Gasteiger partial charge >= 0.3 is 0 Å². The third kappa shape index (κ3) is 3.28. The number of halogens is 1. The molecule has 0 aliphatic carbocycles. The van der Waals surface area contributed by atoms with Crippen LogP contribution >= 0.6 is 15.9 Å². The van der Waals surface area contributed by atoms with E-state index in [1.165, 1.54) is 10.5 Å². The largest absolute Gasteiger partial charge is 0.368 e. The predicted molar refractivity (Wildman–Crippen MR) is 105 cm³/mol. The molecule has 7 heteroatoms. The van der Waals surface area contributed by atoms with Gasteiger partial charge in [-0.15, -0.1) is 15.0 Å². The second kappa shape index (κ2) is 7.18. The summed E-state index contributed by atoms with van der Waals surface area (Å²) in [5.41, 5.74) is 2.42. The molecule has 0 radical (unpaired) electrons. The van der Waals surface area contributed by atoms with Crippen LogP contribution in [0.5, 0.6) is 0 Å². The summed E-state index contributed by atoms with van der Waals surface area (Å²) in [6.07, 6.45) is 0. The first-order valence-corrected chi connectivity index (χ1v) is 9.22. The van der Waals surface area contributed by atoms with E-state index in [4.69, 9.17) is 0 Å². The molecule has 1 fully saturated rings. The van der Waals surface area contributed by atoms with Crippen LogP contribution in [0.1, 0.15) is 5.69 Å². The van der Waals surface area contributed by atoms with E-state index >= 15 is 0 Å². The SMILES string of the molecule is N#Cc1nn(-c2ccc(Br)cc2)nc1N1CCN(c2ccccc2)CC1. The van der Waals surface area contributed by atoms with Gasteiger partial charge in [0.15, 0.2) is 5.82 Å². The molecule has 2 heterocycles. The van der Waals surface area contributed by atoms with E-state index in [1.54, 1.807) is 0 Å². The van der Waals surface area contributed by atoms with Gasteiger partial charge in [0.05, 0.1) is 5.69 Å². The molecule has 26 heavy (non-hydrogen) atoms. The minimum Gasteiger partial charge on any atom is -0.368 e. The highest BCUT2D eigenvalue weighted by Crippen LogP contribution is 2.22. The third-order valence-electron chi connectivity index (χ3n) is 4.46. The van der Waals surface area contributed by atoms with Gasteiger partial charge in [-0.2, -0.15) is 5.26 Å². The number of piperazine rings is 1. The summed E-state index contributed by atoms with van der Waals surface area (Å²) in [4.78, 5) is 6.02. The Morgan fingerprint density at radius 3 is 2.12 bits per heavy atom. The highest BCUT2D eigenvalue weighted by molar-refractivity contribution is 9.10. The predicted octanol–water partition coefficient (Wildman–Crippen LogP) is 3.23. The molecule has 1 aliphatic rings. The minimum atomic E-state index is 0.362. The van der Waals surface area contributed by atoms with Gasteiger partial charge in [0.2, 0.25) is 5.69 Å². The maximum absolute atomic E-state index is 9.47. The summed E-state index contributed by atoms with van der Waals surface area (Å²) in [5.74, 6) is 0.656. The van der Waals surface area contributed by atoms with Gasteiger partial charge in [0.1, 0.15) is 6.07 Å². The Kier molecular flexibility index (Phi) is 4.59. The second-order valence-corrected chi connectivity index (χ2v) is 6.98. The van der Waals surface area contributed by atoms with Crippen molar-refractivity contribution in [3.8, 4) is 11.8 Å².